The highest BCUT2D eigenvalue weighted by atomic mass is 16.3. The third-order valence-corrected chi connectivity index (χ3v) is 3.13. The Morgan fingerprint density at radius 2 is 1.89 bits per heavy atom. The van der Waals surface area contributed by atoms with Crippen LogP contribution in [0.25, 0.3) is 0 Å². The number of anilines is 1. The van der Waals surface area contributed by atoms with E-state index in [0.29, 0.717) is 0 Å². The highest BCUT2D eigenvalue weighted by Gasteiger charge is 2.10. The van der Waals surface area contributed by atoms with E-state index >= 15 is 0 Å². The zero-order valence-electron chi connectivity index (χ0n) is 11.4. The van der Waals surface area contributed by atoms with Crippen LogP contribution in [-0.2, 0) is 0 Å². The number of nitrogens with zero attached hydrogens (tertiary/aromatic N) is 2. The lowest BCUT2D eigenvalue weighted by Crippen LogP contribution is -2.27. The van der Waals surface area contributed by atoms with Crippen LogP contribution >= 0.6 is 0 Å². The maximum Gasteiger partial charge on any atom is 0.0787 e. The monoisotopic (exact) mass is 246 g/mol. The first-order chi connectivity index (χ1) is 8.62. The Balaban J connectivity index is 2.79. The average Bonchev–Trinajstić information content (AvgIpc) is 2.43. The molecule has 1 N–H and O–H groups in total. The summed E-state index contributed by atoms with van der Waals surface area (Å²) in [6.07, 6.45) is 0.342. The van der Waals surface area contributed by atoms with Gasteiger partial charge in [-0.05, 0) is 38.0 Å². The zero-order valence-corrected chi connectivity index (χ0v) is 11.4. The second-order valence-electron chi connectivity index (χ2n) is 4.58. The molecule has 18 heavy (non-hydrogen) atoms. The van der Waals surface area contributed by atoms with Crippen LogP contribution in [0.3, 0.4) is 0 Å². The number of benzene rings is 1. The predicted octanol–water partition coefficient (Wildman–Crippen LogP) is 3.12. The van der Waals surface area contributed by atoms with E-state index in [1.807, 2.05) is 38.1 Å². The van der Waals surface area contributed by atoms with Crippen molar-refractivity contribution in [3.05, 3.63) is 29.8 Å². The summed E-state index contributed by atoms with van der Waals surface area (Å²) in [6.45, 7) is 7.59. The summed E-state index contributed by atoms with van der Waals surface area (Å²) < 4.78 is 0. The lowest BCUT2D eigenvalue weighted by molar-refractivity contribution is 0.173. The maximum absolute atomic E-state index is 9.74. The van der Waals surface area contributed by atoms with E-state index in [1.165, 1.54) is 0 Å². The van der Waals surface area contributed by atoms with Crippen LogP contribution < -0.4 is 4.90 Å². The van der Waals surface area contributed by atoms with Crippen molar-refractivity contribution in [1.82, 2.24) is 0 Å². The SMILES string of the molecule is CCC(O)c1ccc(N(CC)CC(C)C#N)cc1. The van der Waals surface area contributed by atoms with E-state index in [0.717, 1.165) is 30.8 Å². The topological polar surface area (TPSA) is 47.3 Å². The fourth-order valence-electron chi connectivity index (χ4n) is 1.93. The molecule has 3 nitrogen and oxygen atoms in total. The van der Waals surface area contributed by atoms with Crippen molar-refractivity contribution < 1.29 is 5.11 Å². The number of hydrogen-bond donors (Lipinski definition) is 1. The second-order valence-corrected chi connectivity index (χ2v) is 4.58. The van der Waals surface area contributed by atoms with E-state index in [4.69, 9.17) is 5.26 Å². The number of nitriles is 1. The molecule has 0 fully saturated rings. The van der Waals surface area contributed by atoms with Crippen LogP contribution in [0.15, 0.2) is 24.3 Å². The third kappa shape index (κ3) is 3.75. The van der Waals surface area contributed by atoms with Crippen LogP contribution in [0.4, 0.5) is 5.69 Å². The van der Waals surface area contributed by atoms with Crippen LogP contribution in [0.5, 0.6) is 0 Å². The van der Waals surface area contributed by atoms with E-state index in [2.05, 4.69) is 17.9 Å². The Bertz CT molecular complexity index is 394. The van der Waals surface area contributed by atoms with Gasteiger partial charge in [-0.15, -0.1) is 0 Å². The molecule has 0 aliphatic rings. The minimum absolute atomic E-state index is 0.0193. The summed E-state index contributed by atoms with van der Waals surface area (Å²) in [6, 6.07) is 10.2. The Morgan fingerprint density at radius 3 is 2.33 bits per heavy atom. The molecule has 0 radical (unpaired) electrons. The van der Waals surface area contributed by atoms with Gasteiger partial charge >= 0.3 is 0 Å². The van der Waals surface area contributed by atoms with Crippen LogP contribution in [-0.4, -0.2) is 18.2 Å². The molecule has 1 aromatic carbocycles. The molecule has 0 aliphatic heterocycles. The largest absolute Gasteiger partial charge is 0.388 e. The number of aliphatic hydroxyl groups is 1. The smallest absolute Gasteiger partial charge is 0.0787 e. The third-order valence-electron chi connectivity index (χ3n) is 3.13. The van der Waals surface area contributed by atoms with E-state index in [-0.39, 0.29) is 12.0 Å². The van der Waals surface area contributed by atoms with Crippen molar-refractivity contribution in [3.8, 4) is 6.07 Å². The van der Waals surface area contributed by atoms with Gasteiger partial charge < -0.3 is 10.0 Å². The van der Waals surface area contributed by atoms with Gasteiger partial charge in [-0.3, -0.25) is 0 Å². The molecule has 0 aliphatic carbocycles. The molecule has 0 amide bonds. The first kappa shape index (κ1) is 14.5. The maximum atomic E-state index is 9.74. The summed E-state index contributed by atoms with van der Waals surface area (Å²) >= 11 is 0. The Kier molecular flexibility index (Phi) is 5.67. The van der Waals surface area contributed by atoms with E-state index in [9.17, 15) is 5.11 Å². The molecular weight excluding hydrogens is 224 g/mol. The molecule has 2 unspecified atom stereocenters. The number of aliphatic hydroxyl groups excluding tert-OH is 1. The zero-order chi connectivity index (χ0) is 13.5. The van der Waals surface area contributed by atoms with Gasteiger partial charge in [-0.2, -0.15) is 5.26 Å². The van der Waals surface area contributed by atoms with Crippen LogP contribution in [0.2, 0.25) is 0 Å². The molecule has 0 saturated heterocycles. The van der Waals surface area contributed by atoms with Crippen molar-refractivity contribution in [2.24, 2.45) is 5.92 Å². The molecule has 0 saturated carbocycles. The average molecular weight is 246 g/mol. The van der Waals surface area contributed by atoms with Gasteiger partial charge in [0.2, 0.25) is 0 Å². The minimum atomic E-state index is -0.382. The van der Waals surface area contributed by atoms with Crippen molar-refractivity contribution in [2.75, 3.05) is 18.0 Å². The van der Waals surface area contributed by atoms with Crippen LogP contribution in [0, 0.1) is 17.2 Å². The first-order valence-electron chi connectivity index (χ1n) is 6.54. The Labute approximate surface area is 110 Å². The van der Waals surface area contributed by atoms with Gasteiger partial charge in [0.25, 0.3) is 0 Å². The lowest BCUT2D eigenvalue weighted by atomic mass is 10.1. The molecule has 1 rings (SSSR count). The minimum Gasteiger partial charge on any atom is -0.388 e. The molecule has 98 valence electrons. The normalized spacial score (nSPS) is 13.7. The highest BCUT2D eigenvalue weighted by Crippen LogP contribution is 2.21. The molecular formula is C15H22N2O. The fourth-order valence-corrected chi connectivity index (χ4v) is 1.93. The van der Waals surface area contributed by atoms with Crippen molar-refractivity contribution in [1.29, 1.82) is 5.26 Å². The summed E-state index contributed by atoms with van der Waals surface area (Å²) in [4.78, 5) is 2.18. The highest BCUT2D eigenvalue weighted by molar-refractivity contribution is 5.48. The van der Waals surface area contributed by atoms with E-state index < -0.39 is 0 Å². The first-order valence-corrected chi connectivity index (χ1v) is 6.54. The van der Waals surface area contributed by atoms with Crippen LogP contribution in [0.1, 0.15) is 38.9 Å². The molecule has 3 heteroatoms. The lowest BCUT2D eigenvalue weighted by Gasteiger charge is -2.24. The van der Waals surface area contributed by atoms with Gasteiger partial charge in [-0.25, -0.2) is 0 Å². The fraction of sp³-hybridized carbons (Fsp3) is 0.533. The summed E-state index contributed by atoms with van der Waals surface area (Å²) in [7, 11) is 0. The quantitative estimate of drug-likeness (QED) is 0.839. The van der Waals surface area contributed by atoms with E-state index in [1.54, 1.807) is 0 Å². The van der Waals surface area contributed by atoms with Gasteiger partial charge in [0.1, 0.15) is 0 Å². The second kappa shape index (κ2) is 7.03. The molecule has 0 spiro atoms. The summed E-state index contributed by atoms with van der Waals surface area (Å²) in [5, 5.41) is 18.6. The molecule has 2 atom stereocenters. The predicted molar refractivity (Wildman–Crippen MR) is 74.4 cm³/mol. The molecule has 0 heterocycles. The van der Waals surface area contributed by atoms with Crippen molar-refractivity contribution in [3.63, 3.8) is 0 Å². The van der Waals surface area contributed by atoms with Gasteiger partial charge in [0, 0.05) is 18.8 Å². The molecule has 0 aromatic heterocycles. The number of hydrogen-bond acceptors (Lipinski definition) is 3. The van der Waals surface area contributed by atoms with Crippen molar-refractivity contribution >= 4 is 5.69 Å². The summed E-state index contributed by atoms with van der Waals surface area (Å²) in [5.41, 5.74) is 2.05. The van der Waals surface area contributed by atoms with Crippen molar-refractivity contribution in [2.45, 2.75) is 33.3 Å². The standard InChI is InChI=1S/C15H22N2O/c1-4-15(18)13-6-8-14(9-7-13)17(5-2)11-12(3)10-16/h6-9,12,15,18H,4-5,11H2,1-3H3. The van der Waals surface area contributed by atoms with Gasteiger partial charge in [0.15, 0.2) is 0 Å². The number of rotatable bonds is 6. The van der Waals surface area contributed by atoms with Gasteiger partial charge in [0.05, 0.1) is 18.1 Å². The molecule has 0 bridgehead atoms. The van der Waals surface area contributed by atoms with Gasteiger partial charge in [-0.1, -0.05) is 19.1 Å². The Hall–Kier alpha value is -1.53. The Morgan fingerprint density at radius 1 is 1.28 bits per heavy atom. The molecule has 1 aromatic rings. The summed E-state index contributed by atoms with van der Waals surface area (Å²) in [5.74, 6) is 0.0193.